The summed E-state index contributed by atoms with van der Waals surface area (Å²) in [5, 5.41) is 12.0. The van der Waals surface area contributed by atoms with E-state index in [4.69, 9.17) is 4.52 Å². The van der Waals surface area contributed by atoms with Gasteiger partial charge in [0.2, 0.25) is 17.7 Å². The average Bonchev–Trinajstić information content (AvgIpc) is 3.00. The van der Waals surface area contributed by atoms with Crippen LogP contribution in [-0.2, 0) is 14.4 Å². The van der Waals surface area contributed by atoms with Crippen LogP contribution in [0.1, 0.15) is 44.8 Å². The largest absolute Gasteiger partial charge is 0.360 e. The quantitative estimate of drug-likeness (QED) is 0.629. The van der Waals surface area contributed by atoms with Crippen LogP contribution in [0.2, 0.25) is 0 Å². The number of hydrogen-bond acceptors (Lipinski definition) is 6. The average molecular weight is 382 g/mol. The molecule has 144 valence electrons. The Morgan fingerprint density at radius 2 is 1.88 bits per heavy atom. The molecule has 0 aromatic carbocycles. The van der Waals surface area contributed by atoms with E-state index in [-0.39, 0.29) is 29.2 Å². The fourth-order valence-electron chi connectivity index (χ4n) is 3.04. The number of nitrogens with zero attached hydrogens (tertiary/aromatic N) is 1. The summed E-state index contributed by atoms with van der Waals surface area (Å²) in [5.74, 6) is 0.600. The second-order valence-corrected chi connectivity index (χ2v) is 7.40. The molecule has 26 heavy (non-hydrogen) atoms. The first-order valence-electron chi connectivity index (χ1n) is 8.85. The van der Waals surface area contributed by atoms with Crippen molar-refractivity contribution in [2.24, 2.45) is 0 Å². The molecule has 1 heterocycles. The highest BCUT2D eigenvalue weighted by Gasteiger charge is 2.40. The number of anilines is 1. The van der Waals surface area contributed by atoms with Crippen molar-refractivity contribution in [3.05, 3.63) is 11.8 Å². The van der Waals surface area contributed by atoms with Crippen molar-refractivity contribution in [2.45, 2.75) is 51.5 Å². The molecule has 8 nitrogen and oxygen atoms in total. The van der Waals surface area contributed by atoms with Gasteiger partial charge in [0, 0.05) is 12.6 Å². The lowest BCUT2D eigenvalue weighted by Gasteiger charge is -2.36. The van der Waals surface area contributed by atoms with Crippen LogP contribution in [0.5, 0.6) is 0 Å². The van der Waals surface area contributed by atoms with Crippen molar-refractivity contribution in [1.29, 1.82) is 0 Å². The third kappa shape index (κ3) is 5.76. The number of aromatic nitrogens is 1. The highest BCUT2D eigenvalue weighted by molar-refractivity contribution is 8.00. The number of thioether (sulfide) groups is 1. The smallest absolute Gasteiger partial charge is 0.245 e. The molecule has 0 bridgehead atoms. The maximum atomic E-state index is 12.4. The first kappa shape index (κ1) is 20.3. The predicted octanol–water partition coefficient (Wildman–Crippen LogP) is 1.61. The van der Waals surface area contributed by atoms with E-state index in [9.17, 15) is 14.4 Å². The normalized spacial score (nSPS) is 15.9. The first-order chi connectivity index (χ1) is 12.4. The minimum absolute atomic E-state index is 0.114. The molecular weight excluding hydrogens is 356 g/mol. The summed E-state index contributed by atoms with van der Waals surface area (Å²) in [6.07, 6.45) is 4.23. The summed E-state index contributed by atoms with van der Waals surface area (Å²) in [7, 11) is 0. The summed E-state index contributed by atoms with van der Waals surface area (Å²) >= 11 is 1.19. The van der Waals surface area contributed by atoms with Gasteiger partial charge < -0.3 is 20.5 Å². The molecule has 1 aromatic rings. The Hall–Kier alpha value is -2.03. The minimum Gasteiger partial charge on any atom is -0.360 e. The number of nitrogens with one attached hydrogen (secondary N) is 3. The Kier molecular flexibility index (Phi) is 7.50. The van der Waals surface area contributed by atoms with E-state index in [0.29, 0.717) is 31.0 Å². The van der Waals surface area contributed by atoms with Gasteiger partial charge in [-0.25, -0.2) is 0 Å². The van der Waals surface area contributed by atoms with E-state index in [1.807, 2.05) is 6.92 Å². The fourth-order valence-corrected chi connectivity index (χ4v) is 3.65. The van der Waals surface area contributed by atoms with Crippen LogP contribution in [0, 0.1) is 6.92 Å². The molecule has 1 aromatic heterocycles. The minimum atomic E-state index is -0.813. The van der Waals surface area contributed by atoms with Crippen LogP contribution < -0.4 is 16.0 Å². The molecule has 1 aliphatic carbocycles. The monoisotopic (exact) mass is 382 g/mol. The topological polar surface area (TPSA) is 113 Å². The Morgan fingerprint density at radius 1 is 1.19 bits per heavy atom. The summed E-state index contributed by atoms with van der Waals surface area (Å²) in [5.41, 5.74) is -0.813. The molecule has 0 spiro atoms. The molecule has 1 aliphatic rings. The molecule has 2 rings (SSSR count). The maximum Gasteiger partial charge on any atom is 0.245 e. The SMILES string of the molecule is CCNC(=O)C1(NC(=O)CSCC(=O)Nc2cc(C)on2)CCCCC1. The fraction of sp³-hybridized carbons (Fsp3) is 0.647. The molecule has 0 unspecified atom stereocenters. The lowest BCUT2D eigenvalue weighted by atomic mass is 9.80. The number of hydrogen-bond donors (Lipinski definition) is 3. The molecule has 1 fully saturated rings. The molecule has 0 saturated heterocycles. The maximum absolute atomic E-state index is 12.4. The summed E-state index contributed by atoms with van der Waals surface area (Å²) < 4.78 is 4.87. The molecule has 0 atom stereocenters. The predicted molar refractivity (Wildman–Crippen MR) is 99.8 cm³/mol. The molecule has 9 heteroatoms. The van der Waals surface area contributed by atoms with Gasteiger partial charge in [0.1, 0.15) is 11.3 Å². The van der Waals surface area contributed by atoms with E-state index in [0.717, 1.165) is 19.3 Å². The van der Waals surface area contributed by atoms with Crippen LogP contribution in [-0.4, -0.2) is 46.5 Å². The number of aryl methyl sites for hydroxylation is 1. The third-order valence-corrected chi connectivity index (χ3v) is 5.15. The van der Waals surface area contributed by atoms with Gasteiger partial charge in [-0.1, -0.05) is 24.4 Å². The first-order valence-corrected chi connectivity index (χ1v) is 10.0. The van der Waals surface area contributed by atoms with Gasteiger partial charge in [-0.05, 0) is 26.7 Å². The van der Waals surface area contributed by atoms with Crippen LogP contribution >= 0.6 is 11.8 Å². The van der Waals surface area contributed by atoms with Gasteiger partial charge in [-0.3, -0.25) is 14.4 Å². The zero-order valence-corrected chi connectivity index (χ0v) is 16.0. The number of carbonyl (C=O) groups excluding carboxylic acids is 3. The lowest BCUT2D eigenvalue weighted by molar-refractivity contribution is -0.134. The Balaban J connectivity index is 1.78. The van der Waals surface area contributed by atoms with Gasteiger partial charge in [0.25, 0.3) is 0 Å². The van der Waals surface area contributed by atoms with E-state index in [2.05, 4.69) is 21.1 Å². The van der Waals surface area contributed by atoms with Crippen LogP contribution in [0.15, 0.2) is 10.6 Å². The third-order valence-electron chi connectivity index (χ3n) is 4.22. The molecule has 3 N–H and O–H groups in total. The zero-order chi connectivity index (χ0) is 19.0. The van der Waals surface area contributed by atoms with Crippen molar-refractivity contribution < 1.29 is 18.9 Å². The number of carbonyl (C=O) groups is 3. The van der Waals surface area contributed by atoms with Crippen molar-refractivity contribution in [3.63, 3.8) is 0 Å². The zero-order valence-electron chi connectivity index (χ0n) is 15.2. The molecule has 1 saturated carbocycles. The van der Waals surface area contributed by atoms with Crippen LogP contribution in [0.25, 0.3) is 0 Å². The van der Waals surface area contributed by atoms with Gasteiger partial charge in [0.05, 0.1) is 11.5 Å². The van der Waals surface area contributed by atoms with Crippen molar-refractivity contribution in [3.8, 4) is 0 Å². The Bertz CT molecular complexity index is 640. The number of likely N-dealkylation sites (N-methyl/N-ethyl adjacent to an activating group) is 1. The molecule has 0 radical (unpaired) electrons. The van der Waals surface area contributed by atoms with Crippen molar-refractivity contribution in [2.75, 3.05) is 23.4 Å². The van der Waals surface area contributed by atoms with Gasteiger partial charge in [-0.15, -0.1) is 11.8 Å². The van der Waals surface area contributed by atoms with Crippen LogP contribution in [0.4, 0.5) is 5.82 Å². The van der Waals surface area contributed by atoms with Gasteiger partial charge >= 0.3 is 0 Å². The Morgan fingerprint density at radius 3 is 2.50 bits per heavy atom. The van der Waals surface area contributed by atoms with Gasteiger partial charge in [-0.2, -0.15) is 0 Å². The van der Waals surface area contributed by atoms with E-state index >= 15 is 0 Å². The van der Waals surface area contributed by atoms with E-state index in [1.165, 1.54) is 11.8 Å². The number of amides is 3. The Labute approximate surface area is 157 Å². The van der Waals surface area contributed by atoms with Crippen molar-refractivity contribution >= 4 is 35.3 Å². The van der Waals surface area contributed by atoms with Crippen molar-refractivity contribution in [1.82, 2.24) is 15.8 Å². The van der Waals surface area contributed by atoms with Crippen LogP contribution in [0.3, 0.4) is 0 Å². The second-order valence-electron chi connectivity index (χ2n) is 6.41. The summed E-state index contributed by atoms with van der Waals surface area (Å²) in [4.78, 5) is 36.6. The van der Waals surface area contributed by atoms with Gasteiger partial charge in [0.15, 0.2) is 5.82 Å². The second kappa shape index (κ2) is 9.61. The molecule has 0 aliphatic heterocycles. The number of rotatable bonds is 8. The highest BCUT2D eigenvalue weighted by Crippen LogP contribution is 2.28. The summed E-state index contributed by atoms with van der Waals surface area (Å²) in [6.45, 7) is 4.13. The standard InChI is InChI=1S/C17H26N4O4S/c1-3-18-16(24)17(7-5-4-6-8-17)20-15(23)11-26-10-14(22)19-13-9-12(2)25-21-13/h9H,3-8,10-11H2,1-2H3,(H,18,24)(H,20,23)(H,19,21,22). The van der Waals surface area contributed by atoms with E-state index in [1.54, 1.807) is 13.0 Å². The highest BCUT2D eigenvalue weighted by atomic mass is 32.2. The van der Waals surface area contributed by atoms with E-state index < -0.39 is 5.54 Å². The summed E-state index contributed by atoms with van der Waals surface area (Å²) in [6, 6.07) is 1.62. The molecule has 3 amide bonds. The molecular formula is C17H26N4O4S. The lowest BCUT2D eigenvalue weighted by Crippen LogP contribution is -2.60.